The van der Waals surface area contributed by atoms with Crippen molar-refractivity contribution in [3.05, 3.63) is 0 Å². The van der Waals surface area contributed by atoms with Gasteiger partial charge in [-0.15, -0.1) is 0 Å². The Hall–Kier alpha value is -0.920. The molecule has 24 heavy (non-hydrogen) atoms. The molecule has 2 N–H and O–H groups in total. The first-order valence-electron chi connectivity index (χ1n) is 6.90. The number of amides is 3. The first-order chi connectivity index (χ1) is 10.7. The van der Waals surface area contributed by atoms with Crippen molar-refractivity contribution in [1.82, 2.24) is 15.3 Å². The minimum absolute atomic E-state index is 0. The fourth-order valence-electron chi connectivity index (χ4n) is 2.59. The summed E-state index contributed by atoms with van der Waals surface area (Å²) in [4.78, 5) is 24.1. The predicted molar refractivity (Wildman–Crippen MR) is 73.9 cm³/mol. The van der Waals surface area contributed by atoms with Crippen molar-refractivity contribution in [2.24, 2.45) is 0 Å². The van der Waals surface area contributed by atoms with Gasteiger partial charge >= 0.3 is 35.6 Å². The van der Waals surface area contributed by atoms with Crippen LogP contribution in [0.5, 0.6) is 0 Å². The van der Waals surface area contributed by atoms with Gasteiger partial charge in [-0.2, -0.15) is 9.35 Å². The third-order valence-corrected chi connectivity index (χ3v) is 3.87. The maximum Gasteiger partial charge on any atom is 1.00 e. The van der Waals surface area contributed by atoms with Crippen LogP contribution in [-0.4, -0.2) is 72.5 Å². The number of nitrogens with zero attached hydrogens (tertiary/aromatic N) is 2. The smallest absolute Gasteiger partial charge is 0.724 e. The van der Waals surface area contributed by atoms with Crippen molar-refractivity contribution in [2.45, 2.75) is 31.8 Å². The van der Waals surface area contributed by atoms with Crippen LogP contribution >= 0.6 is 0 Å². The van der Waals surface area contributed by atoms with Crippen LogP contribution in [0.3, 0.4) is 0 Å². The zero-order valence-electron chi connectivity index (χ0n) is 13.4. The van der Waals surface area contributed by atoms with Gasteiger partial charge < -0.3 is 19.5 Å². The van der Waals surface area contributed by atoms with Crippen LogP contribution < -0.4 is 34.9 Å². The van der Waals surface area contributed by atoms with E-state index in [1.807, 2.05) is 0 Å². The van der Waals surface area contributed by atoms with Gasteiger partial charge in [0, 0.05) is 13.5 Å². The van der Waals surface area contributed by atoms with Crippen molar-refractivity contribution in [3.8, 4) is 0 Å². The van der Waals surface area contributed by atoms with E-state index in [0.717, 1.165) is 0 Å². The van der Waals surface area contributed by atoms with E-state index in [2.05, 4.69) is 9.60 Å². The van der Waals surface area contributed by atoms with Gasteiger partial charge in [0.15, 0.2) is 0 Å². The fraction of sp³-hybridized carbons (Fsp3) is 0.727. The maximum absolute atomic E-state index is 12.1. The standard InChI is InChI=1S/C11H18N4O7S.Na/c1-7(16)13-4-5-21-10(12)9-3-2-8-6-14(9)11(17)15(8)22-23(18,19)20;/h8-9,12H,2-6H2,1H3,(H,13,16)(H,18,19,20);/q;+1/p-1/t8-,9+;/m1./s1. The summed E-state index contributed by atoms with van der Waals surface area (Å²) in [6, 6.07) is -1.99. The Kier molecular flexibility index (Phi) is 7.44. The molecule has 13 heteroatoms. The SMILES string of the molecule is CC(=O)NCCOC(=N)[C@@H]1CC[C@@H]2CN1C(=O)N2OS(=O)(=O)[O-].[Na+]. The number of hydroxylamine groups is 2. The van der Waals surface area contributed by atoms with Crippen LogP contribution in [0.1, 0.15) is 19.8 Å². The molecule has 2 atom stereocenters. The number of fused-ring (bicyclic) bond motifs is 2. The molecule has 2 bridgehead atoms. The number of piperidine rings is 1. The van der Waals surface area contributed by atoms with E-state index in [0.29, 0.717) is 17.9 Å². The molecule has 11 nitrogen and oxygen atoms in total. The molecule has 2 saturated heterocycles. The number of hydrogen-bond acceptors (Lipinski definition) is 8. The Balaban J connectivity index is 0.00000288. The topological polar surface area (TPSA) is 152 Å². The maximum atomic E-state index is 12.1. The van der Waals surface area contributed by atoms with Crippen molar-refractivity contribution in [3.63, 3.8) is 0 Å². The number of rotatable bonds is 6. The van der Waals surface area contributed by atoms with Gasteiger partial charge in [-0.25, -0.2) is 13.2 Å². The van der Waals surface area contributed by atoms with Gasteiger partial charge in [0.1, 0.15) is 12.6 Å². The van der Waals surface area contributed by atoms with Gasteiger partial charge in [-0.1, -0.05) is 0 Å². The largest absolute Gasteiger partial charge is 1.00 e. The first-order valence-corrected chi connectivity index (χ1v) is 8.23. The Morgan fingerprint density at radius 3 is 2.71 bits per heavy atom. The summed E-state index contributed by atoms with van der Waals surface area (Å²) >= 11 is 0. The number of urea groups is 1. The minimum atomic E-state index is -5.04. The first kappa shape index (κ1) is 21.1. The third kappa shape index (κ3) is 5.29. The zero-order valence-corrected chi connectivity index (χ0v) is 16.2. The Morgan fingerprint density at radius 1 is 1.46 bits per heavy atom. The van der Waals surface area contributed by atoms with E-state index in [-0.39, 0.29) is 61.1 Å². The van der Waals surface area contributed by atoms with Gasteiger partial charge in [-0.05, 0) is 12.8 Å². The molecule has 0 radical (unpaired) electrons. The second kappa shape index (κ2) is 8.45. The Bertz CT molecular complexity index is 613. The molecule has 0 saturated carbocycles. The van der Waals surface area contributed by atoms with Gasteiger partial charge in [0.25, 0.3) is 0 Å². The number of nitrogens with one attached hydrogen (secondary N) is 2. The van der Waals surface area contributed by atoms with E-state index >= 15 is 0 Å². The molecular weight excluding hydrogens is 355 g/mol. The summed E-state index contributed by atoms with van der Waals surface area (Å²) in [5, 5.41) is 10.9. The monoisotopic (exact) mass is 372 g/mol. The van der Waals surface area contributed by atoms with Crippen LogP contribution in [0.4, 0.5) is 4.79 Å². The summed E-state index contributed by atoms with van der Waals surface area (Å²) in [6.07, 6.45) is 0.758. The van der Waals surface area contributed by atoms with E-state index in [1.165, 1.54) is 11.8 Å². The second-order valence-electron chi connectivity index (χ2n) is 5.19. The summed E-state index contributed by atoms with van der Waals surface area (Å²) in [6.45, 7) is 1.81. The summed E-state index contributed by atoms with van der Waals surface area (Å²) in [7, 11) is -5.04. The number of ether oxygens (including phenoxy) is 1. The fourth-order valence-corrected chi connectivity index (χ4v) is 2.97. The Morgan fingerprint density at radius 2 is 2.12 bits per heavy atom. The number of carbonyl (C=O) groups is 2. The molecule has 0 spiro atoms. The van der Waals surface area contributed by atoms with E-state index in [9.17, 15) is 22.6 Å². The molecule has 0 aromatic rings. The van der Waals surface area contributed by atoms with Gasteiger partial charge in [0.05, 0.1) is 12.6 Å². The van der Waals surface area contributed by atoms with Crippen LogP contribution in [0.2, 0.25) is 0 Å². The van der Waals surface area contributed by atoms with Crippen molar-refractivity contribution in [1.29, 1.82) is 5.41 Å². The molecular formula is C11H17N4NaO7S. The van der Waals surface area contributed by atoms with Crippen molar-refractivity contribution < 1.29 is 61.1 Å². The van der Waals surface area contributed by atoms with Crippen molar-refractivity contribution in [2.75, 3.05) is 19.7 Å². The molecule has 2 fully saturated rings. The molecule has 0 aromatic carbocycles. The Labute approximate surface area is 161 Å². The molecule has 0 aliphatic carbocycles. The summed E-state index contributed by atoms with van der Waals surface area (Å²) in [5.41, 5.74) is 0. The molecule has 0 aromatic heterocycles. The molecule has 3 amide bonds. The summed E-state index contributed by atoms with van der Waals surface area (Å²) in [5.74, 6) is -0.379. The van der Waals surface area contributed by atoms with Crippen LogP contribution in [0.25, 0.3) is 0 Å². The summed E-state index contributed by atoms with van der Waals surface area (Å²) < 4.78 is 41.4. The normalized spacial score (nSPS) is 22.8. The van der Waals surface area contributed by atoms with Crippen LogP contribution in [0, 0.1) is 5.41 Å². The minimum Gasteiger partial charge on any atom is -0.724 e. The van der Waals surface area contributed by atoms with Gasteiger partial charge in [0.2, 0.25) is 22.2 Å². The van der Waals surface area contributed by atoms with Crippen LogP contribution in [-0.2, 0) is 24.2 Å². The number of carbonyl (C=O) groups excluding carboxylic acids is 2. The quantitative estimate of drug-likeness (QED) is 0.120. The zero-order chi connectivity index (χ0) is 17.2. The molecule has 2 aliphatic rings. The third-order valence-electron chi connectivity index (χ3n) is 3.53. The average molecular weight is 372 g/mol. The second-order valence-corrected chi connectivity index (χ2v) is 6.15. The van der Waals surface area contributed by atoms with Gasteiger partial charge in [-0.3, -0.25) is 10.2 Å². The molecule has 2 rings (SSSR count). The molecule has 130 valence electrons. The molecule has 2 aliphatic heterocycles. The van der Waals surface area contributed by atoms with Crippen LogP contribution in [0.15, 0.2) is 0 Å². The van der Waals surface area contributed by atoms with E-state index in [1.54, 1.807) is 0 Å². The average Bonchev–Trinajstić information content (AvgIpc) is 2.67. The molecule has 2 heterocycles. The number of hydrogen-bond donors (Lipinski definition) is 2. The van der Waals surface area contributed by atoms with E-state index < -0.39 is 28.5 Å². The predicted octanol–water partition coefficient (Wildman–Crippen LogP) is -4.22. The molecule has 0 unspecified atom stereocenters. The van der Waals surface area contributed by atoms with Crippen molar-refractivity contribution >= 4 is 28.2 Å². The van der Waals surface area contributed by atoms with E-state index in [4.69, 9.17) is 10.1 Å².